The van der Waals surface area contributed by atoms with E-state index in [4.69, 9.17) is 23.2 Å². The lowest BCUT2D eigenvalue weighted by molar-refractivity contribution is 0.194. The van der Waals surface area contributed by atoms with E-state index in [0.717, 1.165) is 25.3 Å². The molecule has 1 saturated heterocycles. The number of hydrogen-bond acceptors (Lipinski definition) is 3. The summed E-state index contributed by atoms with van der Waals surface area (Å²) in [5.41, 5.74) is 0.854. The molecule has 0 aromatic carbocycles. The van der Waals surface area contributed by atoms with Crippen LogP contribution >= 0.6 is 23.2 Å². The zero-order valence-electron chi connectivity index (χ0n) is 9.92. The van der Waals surface area contributed by atoms with Gasteiger partial charge in [-0.25, -0.2) is 4.98 Å². The molecule has 3 nitrogen and oxygen atoms in total. The Hall–Kier alpha value is -0.350. The smallest absolute Gasteiger partial charge is 0.129 e. The minimum atomic E-state index is 0.500. The van der Waals surface area contributed by atoms with Gasteiger partial charge in [-0.3, -0.25) is 4.90 Å². The van der Waals surface area contributed by atoms with Crippen molar-refractivity contribution in [1.29, 1.82) is 0 Å². The van der Waals surface area contributed by atoms with Crippen LogP contribution in [0.15, 0.2) is 12.1 Å². The minimum absolute atomic E-state index is 0.500. The van der Waals surface area contributed by atoms with Gasteiger partial charge in [0, 0.05) is 19.1 Å². The maximum atomic E-state index is 6.12. The Morgan fingerprint density at radius 3 is 3.00 bits per heavy atom. The molecule has 0 aliphatic carbocycles. The van der Waals surface area contributed by atoms with E-state index in [-0.39, 0.29) is 0 Å². The second kappa shape index (κ2) is 6.01. The summed E-state index contributed by atoms with van der Waals surface area (Å²) in [6.45, 7) is 2.90. The fourth-order valence-electron chi connectivity index (χ4n) is 2.14. The molecule has 1 aliphatic rings. The monoisotopic (exact) mass is 273 g/mol. The fraction of sp³-hybridized carbons (Fsp3) is 0.583. The average molecular weight is 274 g/mol. The standard InChI is InChI=1S/C12H17Cl2N3/c1-17(9-3-2-6-15-7-9)8-11-10(13)4-5-12(14)16-11/h4-5,9,15H,2-3,6-8H2,1H3. The van der Waals surface area contributed by atoms with Gasteiger partial charge in [-0.15, -0.1) is 0 Å². The Labute approximate surface area is 112 Å². The van der Waals surface area contributed by atoms with Crippen molar-refractivity contribution >= 4 is 23.2 Å². The summed E-state index contributed by atoms with van der Waals surface area (Å²) in [4.78, 5) is 6.57. The maximum absolute atomic E-state index is 6.12. The molecule has 1 N–H and O–H groups in total. The molecule has 0 saturated carbocycles. The van der Waals surface area contributed by atoms with Crippen molar-refractivity contribution in [3.05, 3.63) is 28.0 Å². The third-order valence-electron chi connectivity index (χ3n) is 3.18. The molecule has 17 heavy (non-hydrogen) atoms. The van der Waals surface area contributed by atoms with Gasteiger partial charge in [0.2, 0.25) is 0 Å². The number of hydrogen-bond donors (Lipinski definition) is 1. The van der Waals surface area contributed by atoms with Gasteiger partial charge in [0.25, 0.3) is 0 Å². The number of aromatic nitrogens is 1. The highest BCUT2D eigenvalue weighted by molar-refractivity contribution is 6.32. The Balaban J connectivity index is 2.01. The first-order valence-electron chi connectivity index (χ1n) is 5.88. The van der Waals surface area contributed by atoms with E-state index in [1.165, 1.54) is 12.8 Å². The van der Waals surface area contributed by atoms with Gasteiger partial charge < -0.3 is 5.32 Å². The summed E-state index contributed by atoms with van der Waals surface area (Å²) in [7, 11) is 2.11. The van der Waals surface area contributed by atoms with E-state index in [1.54, 1.807) is 12.1 Å². The highest BCUT2D eigenvalue weighted by Crippen LogP contribution is 2.20. The normalized spacial score (nSPS) is 20.8. The lowest BCUT2D eigenvalue weighted by atomic mass is 10.1. The number of likely N-dealkylation sites (N-methyl/N-ethyl adjacent to an activating group) is 1. The zero-order chi connectivity index (χ0) is 12.3. The van der Waals surface area contributed by atoms with Gasteiger partial charge in [-0.2, -0.15) is 0 Å². The molecule has 0 amide bonds. The highest BCUT2D eigenvalue weighted by atomic mass is 35.5. The summed E-state index contributed by atoms with van der Waals surface area (Å²) in [6, 6.07) is 4.08. The van der Waals surface area contributed by atoms with Gasteiger partial charge in [-0.05, 0) is 38.6 Å². The predicted octanol–water partition coefficient (Wildman–Crippen LogP) is 2.57. The maximum Gasteiger partial charge on any atom is 0.129 e. The van der Waals surface area contributed by atoms with E-state index in [9.17, 15) is 0 Å². The Morgan fingerprint density at radius 2 is 2.29 bits per heavy atom. The first-order valence-corrected chi connectivity index (χ1v) is 6.64. The van der Waals surface area contributed by atoms with Crippen molar-refractivity contribution in [1.82, 2.24) is 15.2 Å². The number of rotatable bonds is 3. The van der Waals surface area contributed by atoms with Crippen molar-refractivity contribution < 1.29 is 0 Å². The third-order valence-corrected chi connectivity index (χ3v) is 3.73. The van der Waals surface area contributed by atoms with Crippen molar-refractivity contribution in [2.45, 2.75) is 25.4 Å². The molecule has 0 radical (unpaired) electrons. The van der Waals surface area contributed by atoms with Gasteiger partial charge in [0.05, 0.1) is 10.7 Å². The van der Waals surface area contributed by atoms with E-state index < -0.39 is 0 Å². The van der Waals surface area contributed by atoms with Gasteiger partial charge >= 0.3 is 0 Å². The first kappa shape index (κ1) is 13.1. The number of halogens is 2. The largest absolute Gasteiger partial charge is 0.315 e. The Bertz CT molecular complexity index is 378. The quantitative estimate of drug-likeness (QED) is 0.859. The van der Waals surface area contributed by atoms with Crippen molar-refractivity contribution in [3.63, 3.8) is 0 Å². The summed E-state index contributed by atoms with van der Waals surface area (Å²) >= 11 is 12.0. The van der Waals surface area contributed by atoms with Crippen LogP contribution in [0.3, 0.4) is 0 Å². The highest BCUT2D eigenvalue weighted by Gasteiger charge is 2.18. The molecule has 2 heterocycles. The molecule has 1 aliphatic heterocycles. The molecule has 1 aromatic rings. The van der Waals surface area contributed by atoms with E-state index in [1.807, 2.05) is 0 Å². The van der Waals surface area contributed by atoms with Gasteiger partial charge in [-0.1, -0.05) is 23.2 Å². The van der Waals surface area contributed by atoms with Crippen molar-refractivity contribution in [2.24, 2.45) is 0 Å². The summed E-state index contributed by atoms with van der Waals surface area (Å²) < 4.78 is 0. The molecule has 0 bridgehead atoms. The van der Waals surface area contributed by atoms with Crippen molar-refractivity contribution in [2.75, 3.05) is 20.1 Å². The van der Waals surface area contributed by atoms with Crippen LogP contribution in [0.5, 0.6) is 0 Å². The molecular weight excluding hydrogens is 257 g/mol. The summed E-state index contributed by atoms with van der Waals surface area (Å²) in [6.07, 6.45) is 2.45. The predicted molar refractivity (Wildman–Crippen MR) is 71.6 cm³/mol. The molecule has 94 valence electrons. The zero-order valence-corrected chi connectivity index (χ0v) is 11.4. The summed E-state index contributed by atoms with van der Waals surface area (Å²) in [5.74, 6) is 0. The molecule has 0 spiro atoms. The molecule has 5 heteroatoms. The van der Waals surface area contributed by atoms with Crippen LogP contribution < -0.4 is 5.32 Å². The van der Waals surface area contributed by atoms with Crippen molar-refractivity contribution in [3.8, 4) is 0 Å². The van der Waals surface area contributed by atoms with Crippen LogP contribution in [-0.4, -0.2) is 36.1 Å². The second-order valence-corrected chi connectivity index (χ2v) is 5.27. The topological polar surface area (TPSA) is 28.2 Å². The Kier molecular flexibility index (Phi) is 4.62. The molecule has 1 atom stereocenters. The Morgan fingerprint density at radius 1 is 1.47 bits per heavy atom. The second-order valence-electron chi connectivity index (χ2n) is 4.48. The van der Waals surface area contributed by atoms with E-state index in [2.05, 4.69) is 22.2 Å². The third kappa shape index (κ3) is 3.55. The van der Waals surface area contributed by atoms with Crippen LogP contribution in [0.25, 0.3) is 0 Å². The first-order chi connectivity index (χ1) is 8.16. The van der Waals surface area contributed by atoms with E-state index in [0.29, 0.717) is 16.2 Å². The lowest BCUT2D eigenvalue weighted by Gasteiger charge is -2.31. The van der Waals surface area contributed by atoms with Crippen LogP contribution in [0.4, 0.5) is 0 Å². The van der Waals surface area contributed by atoms with Crippen LogP contribution in [0, 0.1) is 0 Å². The lowest BCUT2D eigenvalue weighted by Crippen LogP contribution is -2.43. The number of nitrogens with one attached hydrogen (secondary N) is 1. The van der Waals surface area contributed by atoms with Crippen LogP contribution in [-0.2, 0) is 6.54 Å². The average Bonchev–Trinajstić information content (AvgIpc) is 2.35. The molecule has 2 rings (SSSR count). The van der Waals surface area contributed by atoms with Gasteiger partial charge in [0.15, 0.2) is 0 Å². The van der Waals surface area contributed by atoms with Crippen LogP contribution in [0.1, 0.15) is 18.5 Å². The molecule has 1 fully saturated rings. The molecule has 1 unspecified atom stereocenters. The molecular formula is C12H17Cl2N3. The fourth-order valence-corrected chi connectivity index (χ4v) is 2.47. The number of piperidine rings is 1. The number of nitrogens with zero attached hydrogens (tertiary/aromatic N) is 2. The summed E-state index contributed by atoms with van der Waals surface area (Å²) in [5, 5.41) is 4.59. The number of pyridine rings is 1. The van der Waals surface area contributed by atoms with E-state index >= 15 is 0 Å². The minimum Gasteiger partial charge on any atom is -0.315 e. The SMILES string of the molecule is CN(Cc1nc(Cl)ccc1Cl)C1CCCNC1. The van der Waals surface area contributed by atoms with Crippen LogP contribution in [0.2, 0.25) is 10.2 Å². The molecule has 1 aromatic heterocycles. The van der Waals surface area contributed by atoms with Gasteiger partial charge in [0.1, 0.15) is 5.15 Å².